The third-order valence-electron chi connectivity index (χ3n) is 6.00. The molecule has 0 saturated carbocycles. The number of urea groups is 1. The third kappa shape index (κ3) is 4.54. The number of carbonyl (C=O) groups is 1. The van der Waals surface area contributed by atoms with Crippen LogP contribution in [0.1, 0.15) is 17.5 Å². The van der Waals surface area contributed by atoms with E-state index >= 15 is 0 Å². The van der Waals surface area contributed by atoms with Crippen LogP contribution in [0.25, 0.3) is 0 Å². The molecular weight excluding hydrogens is 364 g/mol. The molecule has 0 bridgehead atoms. The summed E-state index contributed by atoms with van der Waals surface area (Å²) in [4.78, 5) is 18.7. The van der Waals surface area contributed by atoms with E-state index in [0.29, 0.717) is 19.5 Å². The maximum absolute atomic E-state index is 12.7. The van der Waals surface area contributed by atoms with Gasteiger partial charge in [-0.2, -0.15) is 0 Å². The Kier molecular flexibility index (Phi) is 5.48. The molecule has 2 N–H and O–H groups in total. The lowest BCUT2D eigenvalue weighted by molar-refractivity contribution is 0.0275. The highest BCUT2D eigenvalue weighted by Crippen LogP contribution is 2.30. The lowest BCUT2D eigenvalue weighted by Crippen LogP contribution is -2.46. The largest absolute Gasteiger partial charge is 0.387 e. The van der Waals surface area contributed by atoms with Gasteiger partial charge in [-0.05, 0) is 36.1 Å². The average molecular weight is 395 g/mol. The molecule has 6 heteroatoms. The lowest BCUT2D eigenvalue weighted by Gasteiger charge is -2.29. The Labute approximate surface area is 172 Å². The SMILES string of the molecule is CN(CC1(O)CCN(Cc2ccccc2)C1)C(=O)Nc1ccc2c(c1)N(C)CC2. The van der Waals surface area contributed by atoms with Gasteiger partial charge in [-0.25, -0.2) is 4.79 Å². The Hall–Kier alpha value is -2.57. The van der Waals surface area contributed by atoms with Crippen molar-refractivity contribution in [2.75, 3.05) is 50.5 Å². The van der Waals surface area contributed by atoms with E-state index in [2.05, 4.69) is 40.4 Å². The molecule has 1 fully saturated rings. The molecule has 4 rings (SSSR count). The van der Waals surface area contributed by atoms with Gasteiger partial charge < -0.3 is 20.2 Å². The highest BCUT2D eigenvalue weighted by atomic mass is 16.3. The van der Waals surface area contributed by atoms with E-state index < -0.39 is 5.60 Å². The van der Waals surface area contributed by atoms with E-state index in [-0.39, 0.29) is 6.03 Å². The van der Waals surface area contributed by atoms with Crippen molar-refractivity contribution in [1.29, 1.82) is 0 Å². The summed E-state index contributed by atoms with van der Waals surface area (Å²) in [5, 5.41) is 14.0. The molecular formula is C23H30N4O2. The molecule has 29 heavy (non-hydrogen) atoms. The van der Waals surface area contributed by atoms with Crippen LogP contribution in [0.5, 0.6) is 0 Å². The van der Waals surface area contributed by atoms with Crippen LogP contribution in [-0.2, 0) is 13.0 Å². The molecule has 2 amide bonds. The molecule has 0 aliphatic carbocycles. The van der Waals surface area contributed by atoms with Gasteiger partial charge in [0.25, 0.3) is 0 Å². The van der Waals surface area contributed by atoms with E-state index in [4.69, 9.17) is 0 Å². The van der Waals surface area contributed by atoms with E-state index in [0.717, 1.165) is 31.7 Å². The Balaban J connectivity index is 1.32. The number of hydrogen-bond acceptors (Lipinski definition) is 4. The Morgan fingerprint density at radius 2 is 2.00 bits per heavy atom. The summed E-state index contributed by atoms with van der Waals surface area (Å²) in [7, 11) is 3.81. The van der Waals surface area contributed by atoms with E-state index in [1.165, 1.54) is 16.8 Å². The van der Waals surface area contributed by atoms with Crippen LogP contribution < -0.4 is 10.2 Å². The number of aliphatic hydroxyl groups is 1. The number of likely N-dealkylation sites (N-methyl/N-ethyl adjacent to an activating group) is 2. The smallest absolute Gasteiger partial charge is 0.321 e. The minimum Gasteiger partial charge on any atom is -0.387 e. The zero-order valence-electron chi connectivity index (χ0n) is 17.3. The normalized spacial score (nSPS) is 21.3. The molecule has 2 aliphatic rings. The second-order valence-corrected chi connectivity index (χ2v) is 8.47. The van der Waals surface area contributed by atoms with Crippen LogP contribution in [0.15, 0.2) is 48.5 Å². The minimum atomic E-state index is -0.876. The van der Waals surface area contributed by atoms with E-state index in [9.17, 15) is 9.90 Å². The standard InChI is InChI=1S/C23H30N4O2/c1-25-12-10-19-8-9-20(14-21(19)25)24-22(28)26(2)16-23(29)11-13-27(17-23)15-18-6-4-3-5-7-18/h3-9,14,29H,10-13,15-17H2,1-2H3,(H,24,28). The maximum atomic E-state index is 12.7. The molecule has 2 aromatic rings. The van der Waals surface area contributed by atoms with Crippen molar-refractivity contribution in [3.63, 3.8) is 0 Å². The molecule has 0 radical (unpaired) electrons. The lowest BCUT2D eigenvalue weighted by atomic mass is 10.0. The van der Waals surface area contributed by atoms with Crippen LogP contribution >= 0.6 is 0 Å². The second-order valence-electron chi connectivity index (χ2n) is 8.47. The van der Waals surface area contributed by atoms with Gasteiger partial charge in [0, 0.05) is 51.6 Å². The third-order valence-corrected chi connectivity index (χ3v) is 6.00. The molecule has 0 spiro atoms. The fraction of sp³-hybridized carbons (Fsp3) is 0.435. The molecule has 0 aromatic heterocycles. The number of rotatable bonds is 5. The number of hydrogen-bond donors (Lipinski definition) is 2. The van der Waals surface area contributed by atoms with Crippen LogP contribution in [0, 0.1) is 0 Å². The van der Waals surface area contributed by atoms with Crippen LogP contribution in [0.3, 0.4) is 0 Å². The van der Waals surface area contributed by atoms with Gasteiger partial charge in [-0.3, -0.25) is 4.90 Å². The number of anilines is 2. The molecule has 1 atom stereocenters. The van der Waals surface area contributed by atoms with Gasteiger partial charge in [-0.1, -0.05) is 36.4 Å². The van der Waals surface area contributed by atoms with Gasteiger partial charge in [0.05, 0.1) is 12.1 Å². The summed E-state index contributed by atoms with van der Waals surface area (Å²) >= 11 is 0. The van der Waals surface area contributed by atoms with Gasteiger partial charge in [0.1, 0.15) is 0 Å². The molecule has 2 aliphatic heterocycles. The number of β-amino-alcohol motifs (C(OH)–C–C–N with tert-alkyl or cyclic N) is 1. The van der Waals surface area contributed by atoms with Crippen LogP contribution in [0.2, 0.25) is 0 Å². The zero-order valence-corrected chi connectivity index (χ0v) is 17.3. The first kappa shape index (κ1) is 19.7. The van der Waals surface area contributed by atoms with Crippen molar-refractivity contribution in [3.8, 4) is 0 Å². The number of amides is 2. The van der Waals surface area contributed by atoms with Gasteiger partial charge in [-0.15, -0.1) is 0 Å². The summed E-state index contributed by atoms with van der Waals surface area (Å²) in [5.41, 5.74) is 3.65. The summed E-state index contributed by atoms with van der Waals surface area (Å²) in [6.07, 6.45) is 1.72. The minimum absolute atomic E-state index is 0.194. The number of nitrogens with one attached hydrogen (secondary N) is 1. The first-order valence-electron chi connectivity index (χ1n) is 10.3. The first-order valence-corrected chi connectivity index (χ1v) is 10.3. The van der Waals surface area contributed by atoms with Crippen molar-refractivity contribution in [3.05, 3.63) is 59.7 Å². The maximum Gasteiger partial charge on any atom is 0.321 e. The van der Waals surface area contributed by atoms with E-state index in [1.807, 2.05) is 30.3 Å². The molecule has 1 unspecified atom stereocenters. The van der Waals surface area contributed by atoms with Gasteiger partial charge in [0.15, 0.2) is 0 Å². The van der Waals surface area contributed by atoms with Crippen molar-refractivity contribution >= 4 is 17.4 Å². The Morgan fingerprint density at radius 1 is 1.21 bits per heavy atom. The van der Waals surface area contributed by atoms with Gasteiger partial charge >= 0.3 is 6.03 Å². The molecule has 6 nitrogen and oxygen atoms in total. The van der Waals surface area contributed by atoms with Crippen LogP contribution in [0.4, 0.5) is 16.2 Å². The predicted octanol–water partition coefficient (Wildman–Crippen LogP) is 2.78. The highest BCUT2D eigenvalue weighted by Gasteiger charge is 2.37. The zero-order chi connectivity index (χ0) is 20.4. The van der Waals surface area contributed by atoms with Crippen LogP contribution in [-0.4, -0.2) is 66.8 Å². The number of likely N-dealkylation sites (tertiary alicyclic amines) is 1. The topological polar surface area (TPSA) is 59.1 Å². The summed E-state index contributed by atoms with van der Waals surface area (Å²) in [6, 6.07) is 16.2. The highest BCUT2D eigenvalue weighted by molar-refractivity contribution is 5.90. The van der Waals surface area contributed by atoms with Crippen molar-refractivity contribution in [2.45, 2.75) is 25.0 Å². The number of fused-ring (bicyclic) bond motifs is 1. The quantitative estimate of drug-likeness (QED) is 0.819. The molecule has 1 saturated heterocycles. The van der Waals surface area contributed by atoms with E-state index in [1.54, 1.807) is 11.9 Å². The predicted molar refractivity (Wildman–Crippen MR) is 116 cm³/mol. The number of benzene rings is 2. The first-order chi connectivity index (χ1) is 13.9. The van der Waals surface area contributed by atoms with Crippen molar-refractivity contribution in [1.82, 2.24) is 9.80 Å². The van der Waals surface area contributed by atoms with Crippen molar-refractivity contribution in [2.24, 2.45) is 0 Å². The summed E-state index contributed by atoms with van der Waals surface area (Å²) < 4.78 is 0. The Bertz CT molecular complexity index is 872. The monoisotopic (exact) mass is 394 g/mol. The molecule has 154 valence electrons. The fourth-order valence-electron chi connectivity index (χ4n) is 4.40. The summed E-state index contributed by atoms with van der Waals surface area (Å²) in [6.45, 7) is 3.55. The fourth-order valence-corrected chi connectivity index (χ4v) is 4.40. The van der Waals surface area contributed by atoms with Gasteiger partial charge in [0.2, 0.25) is 0 Å². The number of nitrogens with zero attached hydrogens (tertiary/aromatic N) is 3. The average Bonchev–Trinajstić information content (AvgIpc) is 3.25. The number of carbonyl (C=O) groups excluding carboxylic acids is 1. The molecule has 2 aromatic carbocycles. The summed E-state index contributed by atoms with van der Waals surface area (Å²) in [5.74, 6) is 0. The second kappa shape index (κ2) is 8.05. The van der Waals surface area contributed by atoms with Crippen molar-refractivity contribution < 1.29 is 9.90 Å². The Morgan fingerprint density at radius 3 is 2.79 bits per heavy atom. The molecule has 2 heterocycles.